The molecule has 2 aromatic rings. The molecule has 0 atom stereocenters. The molecular formula is C16H19N2O9PS. The molecule has 2 amide bonds. The fourth-order valence-electron chi connectivity index (χ4n) is 1.92. The summed E-state index contributed by atoms with van der Waals surface area (Å²) >= 11 is 0. The first-order valence-electron chi connectivity index (χ1n) is 7.75. The van der Waals surface area contributed by atoms with E-state index in [9.17, 15) is 22.6 Å². The Morgan fingerprint density at radius 2 is 1.45 bits per heavy atom. The van der Waals surface area contributed by atoms with Gasteiger partial charge >= 0.3 is 7.82 Å². The molecule has 0 radical (unpaired) electrons. The van der Waals surface area contributed by atoms with Crippen molar-refractivity contribution in [2.24, 2.45) is 0 Å². The first-order chi connectivity index (χ1) is 13.3. The molecule has 5 N–H and O–H groups in total. The van der Waals surface area contributed by atoms with Crippen LogP contribution in [-0.4, -0.2) is 34.6 Å². The van der Waals surface area contributed by atoms with E-state index in [0.29, 0.717) is 5.69 Å². The highest BCUT2D eigenvalue weighted by atomic mass is 32.2. The quantitative estimate of drug-likeness (QED) is 0.339. The summed E-state index contributed by atoms with van der Waals surface area (Å²) < 4.78 is 45.3. The predicted octanol–water partition coefficient (Wildman–Crippen LogP) is 2.01. The molecule has 11 nitrogen and oxygen atoms in total. The number of hydrogen-bond acceptors (Lipinski definition) is 6. The SMILES string of the molecule is CC(=O)Nc1ccc(OP(=O)(O)O)cc1.CC(=O)Nc1ccccc1S(=O)(=O)O. The van der Waals surface area contributed by atoms with Crippen LogP contribution in [0.5, 0.6) is 5.75 Å². The average molecular weight is 446 g/mol. The first-order valence-corrected chi connectivity index (χ1v) is 10.7. The Labute approximate surface area is 166 Å². The number of amides is 2. The van der Waals surface area contributed by atoms with Gasteiger partial charge in [-0.1, -0.05) is 12.1 Å². The third-order valence-electron chi connectivity index (χ3n) is 2.87. The minimum absolute atomic E-state index is 0.0393. The second-order valence-electron chi connectivity index (χ2n) is 5.44. The van der Waals surface area contributed by atoms with E-state index in [4.69, 9.17) is 14.3 Å². The van der Waals surface area contributed by atoms with Crippen LogP contribution in [0.3, 0.4) is 0 Å². The van der Waals surface area contributed by atoms with Crippen LogP contribution >= 0.6 is 7.82 Å². The Kier molecular flexibility index (Phi) is 8.49. The fourth-order valence-corrected chi connectivity index (χ4v) is 2.97. The van der Waals surface area contributed by atoms with E-state index in [-0.39, 0.29) is 22.2 Å². The zero-order valence-corrected chi connectivity index (χ0v) is 17.0. The molecule has 0 aromatic heterocycles. The van der Waals surface area contributed by atoms with E-state index >= 15 is 0 Å². The summed E-state index contributed by atoms with van der Waals surface area (Å²) in [5.74, 6) is -0.586. The first kappa shape index (κ1) is 24.3. The van der Waals surface area contributed by atoms with Crippen LogP contribution in [0.1, 0.15) is 13.8 Å². The monoisotopic (exact) mass is 446 g/mol. The molecule has 0 aliphatic rings. The van der Waals surface area contributed by atoms with Gasteiger partial charge in [-0.05, 0) is 36.4 Å². The second-order valence-corrected chi connectivity index (χ2v) is 7.99. The van der Waals surface area contributed by atoms with E-state index in [1.165, 1.54) is 56.3 Å². The Hall–Kier alpha value is -2.76. The number of carbonyl (C=O) groups is 2. The molecule has 0 aliphatic carbocycles. The van der Waals surface area contributed by atoms with Gasteiger partial charge in [0.05, 0.1) is 5.69 Å². The van der Waals surface area contributed by atoms with Crippen molar-refractivity contribution < 1.29 is 41.4 Å². The van der Waals surface area contributed by atoms with Crippen LogP contribution in [0.4, 0.5) is 11.4 Å². The molecule has 2 aromatic carbocycles. The van der Waals surface area contributed by atoms with E-state index in [1.54, 1.807) is 6.07 Å². The molecule has 0 fully saturated rings. The van der Waals surface area contributed by atoms with Crippen LogP contribution in [0.25, 0.3) is 0 Å². The summed E-state index contributed by atoms with van der Waals surface area (Å²) in [6.07, 6.45) is 0. The highest BCUT2D eigenvalue weighted by Crippen LogP contribution is 2.37. The molecule has 0 unspecified atom stereocenters. The van der Waals surface area contributed by atoms with E-state index in [1.807, 2.05) is 0 Å². The van der Waals surface area contributed by atoms with Crippen molar-refractivity contribution >= 4 is 41.1 Å². The molecule has 29 heavy (non-hydrogen) atoms. The van der Waals surface area contributed by atoms with Crippen molar-refractivity contribution in [1.29, 1.82) is 0 Å². The molecule has 0 spiro atoms. The zero-order chi connectivity index (χ0) is 22.2. The summed E-state index contributed by atoms with van der Waals surface area (Å²) in [6, 6.07) is 11.3. The van der Waals surface area contributed by atoms with Crippen LogP contribution in [0.2, 0.25) is 0 Å². The standard InChI is InChI=1S/C8H10NO5P.C8H9NO4S/c1-6(10)9-7-2-4-8(5-3-7)14-15(11,12)13;1-6(10)9-7-4-2-3-5-8(7)14(11,12)13/h2-5H,1H3,(H,9,10)(H2,11,12,13);2-5H,1H3,(H,9,10)(H,11,12,13). The van der Waals surface area contributed by atoms with Gasteiger partial charge in [0.1, 0.15) is 10.6 Å². The Morgan fingerprint density at radius 3 is 1.90 bits per heavy atom. The van der Waals surface area contributed by atoms with Gasteiger partial charge in [0.15, 0.2) is 0 Å². The van der Waals surface area contributed by atoms with Crippen LogP contribution in [0.15, 0.2) is 53.4 Å². The number of anilines is 2. The summed E-state index contributed by atoms with van der Waals surface area (Å²) in [5, 5.41) is 4.81. The van der Waals surface area contributed by atoms with Crippen LogP contribution in [0, 0.1) is 0 Å². The van der Waals surface area contributed by atoms with Gasteiger partial charge < -0.3 is 15.2 Å². The summed E-state index contributed by atoms with van der Waals surface area (Å²) in [6.45, 7) is 2.61. The van der Waals surface area contributed by atoms with Gasteiger partial charge in [0.25, 0.3) is 10.1 Å². The molecule has 0 heterocycles. The lowest BCUT2D eigenvalue weighted by Crippen LogP contribution is -2.10. The number of hydrogen-bond donors (Lipinski definition) is 5. The van der Waals surface area contributed by atoms with Gasteiger partial charge in [-0.25, -0.2) is 4.57 Å². The number of benzene rings is 2. The van der Waals surface area contributed by atoms with E-state index in [2.05, 4.69) is 15.2 Å². The molecule has 0 saturated carbocycles. The fraction of sp³-hybridized carbons (Fsp3) is 0.125. The van der Waals surface area contributed by atoms with Crippen molar-refractivity contribution in [3.05, 3.63) is 48.5 Å². The lowest BCUT2D eigenvalue weighted by molar-refractivity contribution is -0.115. The lowest BCUT2D eigenvalue weighted by Gasteiger charge is -2.07. The van der Waals surface area contributed by atoms with Crippen molar-refractivity contribution in [3.8, 4) is 5.75 Å². The molecule has 13 heteroatoms. The maximum absolute atomic E-state index is 10.8. The van der Waals surface area contributed by atoms with E-state index in [0.717, 1.165) is 0 Å². The van der Waals surface area contributed by atoms with Crippen molar-refractivity contribution in [1.82, 2.24) is 0 Å². The van der Waals surface area contributed by atoms with Crippen molar-refractivity contribution in [3.63, 3.8) is 0 Å². The highest BCUT2D eigenvalue weighted by Gasteiger charge is 2.16. The Balaban J connectivity index is 0.000000291. The minimum Gasteiger partial charge on any atom is -0.404 e. The lowest BCUT2D eigenvalue weighted by atomic mass is 10.3. The average Bonchev–Trinajstić information content (AvgIpc) is 2.54. The van der Waals surface area contributed by atoms with Crippen LogP contribution < -0.4 is 15.2 Å². The maximum Gasteiger partial charge on any atom is 0.524 e. The third-order valence-corrected chi connectivity index (χ3v) is 4.24. The van der Waals surface area contributed by atoms with Gasteiger partial charge in [0, 0.05) is 19.5 Å². The largest absolute Gasteiger partial charge is 0.524 e. The van der Waals surface area contributed by atoms with Gasteiger partial charge in [0.2, 0.25) is 11.8 Å². The van der Waals surface area contributed by atoms with Gasteiger partial charge in [-0.3, -0.25) is 23.9 Å². The Bertz CT molecular complexity index is 1020. The summed E-state index contributed by atoms with van der Waals surface area (Å²) in [4.78, 5) is 38.1. The number of phosphoric ester groups is 1. The molecule has 158 valence electrons. The molecule has 0 bridgehead atoms. The number of carbonyl (C=O) groups excluding carboxylic acids is 2. The van der Waals surface area contributed by atoms with Gasteiger partial charge in [-0.2, -0.15) is 8.42 Å². The van der Waals surface area contributed by atoms with E-state index < -0.39 is 23.8 Å². The second kappa shape index (κ2) is 10.1. The topological polar surface area (TPSA) is 179 Å². The highest BCUT2D eigenvalue weighted by molar-refractivity contribution is 7.86. The maximum atomic E-state index is 10.8. The normalized spacial score (nSPS) is 10.9. The number of phosphoric acid groups is 1. The minimum atomic E-state index is -4.52. The predicted molar refractivity (Wildman–Crippen MR) is 104 cm³/mol. The number of nitrogens with one attached hydrogen (secondary N) is 2. The van der Waals surface area contributed by atoms with Crippen molar-refractivity contribution in [2.45, 2.75) is 18.7 Å². The third kappa shape index (κ3) is 9.83. The molecular weight excluding hydrogens is 427 g/mol. The number of para-hydroxylation sites is 1. The smallest absolute Gasteiger partial charge is 0.404 e. The van der Waals surface area contributed by atoms with Gasteiger partial charge in [-0.15, -0.1) is 0 Å². The van der Waals surface area contributed by atoms with Crippen molar-refractivity contribution in [2.75, 3.05) is 10.6 Å². The molecule has 2 rings (SSSR count). The molecule has 0 saturated heterocycles. The number of rotatable bonds is 5. The van der Waals surface area contributed by atoms with Crippen LogP contribution in [-0.2, 0) is 24.3 Å². The molecule has 0 aliphatic heterocycles. The summed E-state index contributed by atoms with van der Waals surface area (Å²) in [5.41, 5.74) is 0.600. The Morgan fingerprint density at radius 1 is 0.931 bits per heavy atom. The zero-order valence-electron chi connectivity index (χ0n) is 15.3. The summed E-state index contributed by atoms with van der Waals surface area (Å²) in [7, 11) is -8.81.